The van der Waals surface area contributed by atoms with Gasteiger partial charge in [-0.2, -0.15) is 0 Å². The standard InChI is InChI=1S/C21H31FN6O/c1-2-20-27-26-16-28(20)13-12-24-21(25-15-19-5-3-4-14-29-19)23-11-10-17-6-8-18(22)9-7-17/h6-9,16,19H,2-5,10-15H2,1H3,(H2,23,24,25). The number of guanidine groups is 1. The van der Waals surface area contributed by atoms with Crippen molar-refractivity contribution in [2.24, 2.45) is 4.99 Å². The minimum atomic E-state index is -0.210. The molecule has 2 heterocycles. The summed E-state index contributed by atoms with van der Waals surface area (Å²) < 4.78 is 20.9. The van der Waals surface area contributed by atoms with Crippen LogP contribution in [0, 0.1) is 5.82 Å². The van der Waals surface area contributed by atoms with E-state index in [2.05, 4.69) is 27.8 Å². The zero-order valence-electron chi connectivity index (χ0n) is 17.1. The van der Waals surface area contributed by atoms with Crippen LogP contribution in [-0.2, 0) is 24.1 Å². The van der Waals surface area contributed by atoms with Gasteiger partial charge in [0.25, 0.3) is 0 Å². The van der Waals surface area contributed by atoms with Crippen molar-refractivity contribution in [2.45, 2.75) is 51.7 Å². The number of aryl methyl sites for hydroxylation is 1. The fourth-order valence-electron chi connectivity index (χ4n) is 3.33. The minimum absolute atomic E-state index is 0.198. The van der Waals surface area contributed by atoms with E-state index in [0.29, 0.717) is 6.54 Å². The lowest BCUT2D eigenvalue weighted by Crippen LogP contribution is -2.40. The summed E-state index contributed by atoms with van der Waals surface area (Å²) in [6.07, 6.45) is 7.02. The lowest BCUT2D eigenvalue weighted by molar-refractivity contribution is 0.0224. The molecule has 1 aromatic carbocycles. The molecule has 3 rings (SSSR count). The van der Waals surface area contributed by atoms with Crippen LogP contribution in [0.15, 0.2) is 35.6 Å². The summed E-state index contributed by atoms with van der Waals surface area (Å²) >= 11 is 0. The lowest BCUT2D eigenvalue weighted by Gasteiger charge is -2.21. The van der Waals surface area contributed by atoms with Crippen LogP contribution in [0.3, 0.4) is 0 Å². The number of nitrogens with one attached hydrogen (secondary N) is 2. The van der Waals surface area contributed by atoms with Gasteiger partial charge in [0.15, 0.2) is 5.96 Å². The van der Waals surface area contributed by atoms with Gasteiger partial charge in [0.1, 0.15) is 18.0 Å². The number of aromatic nitrogens is 3. The molecule has 1 saturated heterocycles. The van der Waals surface area contributed by atoms with Crippen LogP contribution in [0.5, 0.6) is 0 Å². The average Bonchev–Trinajstić information content (AvgIpc) is 3.21. The molecule has 1 aliphatic heterocycles. The largest absolute Gasteiger partial charge is 0.376 e. The molecule has 0 amide bonds. The van der Waals surface area contributed by atoms with Gasteiger partial charge in [-0.25, -0.2) is 4.39 Å². The van der Waals surface area contributed by atoms with Gasteiger partial charge in [-0.15, -0.1) is 10.2 Å². The van der Waals surface area contributed by atoms with E-state index in [1.807, 2.05) is 16.7 Å². The van der Waals surface area contributed by atoms with Crippen LogP contribution >= 0.6 is 0 Å². The number of nitrogens with zero attached hydrogens (tertiary/aromatic N) is 4. The second-order valence-corrected chi connectivity index (χ2v) is 7.20. The second kappa shape index (κ2) is 11.5. The third-order valence-corrected chi connectivity index (χ3v) is 5.00. The molecule has 1 aromatic heterocycles. The van der Waals surface area contributed by atoms with E-state index in [-0.39, 0.29) is 11.9 Å². The number of benzene rings is 1. The van der Waals surface area contributed by atoms with E-state index < -0.39 is 0 Å². The summed E-state index contributed by atoms with van der Waals surface area (Å²) in [4.78, 5) is 4.72. The summed E-state index contributed by atoms with van der Waals surface area (Å²) in [5, 5.41) is 14.9. The zero-order chi connectivity index (χ0) is 20.3. The Hall–Kier alpha value is -2.48. The van der Waals surface area contributed by atoms with E-state index in [0.717, 1.165) is 69.3 Å². The first-order valence-electron chi connectivity index (χ1n) is 10.5. The zero-order valence-corrected chi connectivity index (χ0v) is 17.1. The molecule has 2 N–H and O–H groups in total. The van der Waals surface area contributed by atoms with Crippen molar-refractivity contribution in [1.82, 2.24) is 25.4 Å². The summed E-state index contributed by atoms with van der Waals surface area (Å²) in [6.45, 7) is 5.76. The van der Waals surface area contributed by atoms with Gasteiger partial charge in [-0.3, -0.25) is 4.99 Å². The minimum Gasteiger partial charge on any atom is -0.376 e. The maximum absolute atomic E-state index is 13.1. The molecule has 2 aromatic rings. The van der Waals surface area contributed by atoms with Crippen molar-refractivity contribution in [3.8, 4) is 0 Å². The topological polar surface area (TPSA) is 76.4 Å². The monoisotopic (exact) mass is 402 g/mol. The van der Waals surface area contributed by atoms with Crippen molar-refractivity contribution in [3.05, 3.63) is 47.8 Å². The first-order valence-corrected chi connectivity index (χ1v) is 10.5. The number of aliphatic imine (C=N–C) groups is 1. The maximum Gasteiger partial charge on any atom is 0.191 e. The van der Waals surface area contributed by atoms with Gasteiger partial charge < -0.3 is 19.9 Å². The SMILES string of the molecule is CCc1nncn1CCNC(=NCC1CCCCO1)NCCc1ccc(F)cc1. The summed E-state index contributed by atoms with van der Waals surface area (Å²) in [6, 6.07) is 6.62. The molecule has 1 atom stereocenters. The number of rotatable bonds is 9. The van der Waals surface area contributed by atoms with Gasteiger partial charge in [0.05, 0.1) is 12.6 Å². The Morgan fingerprint density at radius 3 is 2.83 bits per heavy atom. The smallest absolute Gasteiger partial charge is 0.191 e. The molecular weight excluding hydrogens is 371 g/mol. The Labute approximate surface area is 171 Å². The van der Waals surface area contributed by atoms with Crippen LogP contribution < -0.4 is 10.6 Å². The molecule has 158 valence electrons. The highest BCUT2D eigenvalue weighted by Crippen LogP contribution is 2.12. The Morgan fingerprint density at radius 2 is 2.07 bits per heavy atom. The van der Waals surface area contributed by atoms with E-state index in [1.54, 1.807) is 6.33 Å². The Kier molecular flexibility index (Phi) is 8.42. The highest BCUT2D eigenvalue weighted by atomic mass is 19.1. The molecule has 0 radical (unpaired) electrons. The van der Waals surface area contributed by atoms with E-state index >= 15 is 0 Å². The van der Waals surface area contributed by atoms with Gasteiger partial charge in [-0.1, -0.05) is 19.1 Å². The molecule has 29 heavy (non-hydrogen) atoms. The molecule has 0 aliphatic carbocycles. The lowest BCUT2D eigenvalue weighted by atomic mass is 10.1. The van der Waals surface area contributed by atoms with Crippen molar-refractivity contribution >= 4 is 5.96 Å². The van der Waals surface area contributed by atoms with Gasteiger partial charge in [0.2, 0.25) is 0 Å². The molecule has 0 bridgehead atoms. The fourth-order valence-corrected chi connectivity index (χ4v) is 3.33. The molecule has 0 saturated carbocycles. The third kappa shape index (κ3) is 7.12. The molecule has 0 spiro atoms. The Balaban J connectivity index is 1.51. The molecule has 1 fully saturated rings. The molecule has 8 heteroatoms. The van der Waals surface area contributed by atoms with Crippen LogP contribution in [0.1, 0.15) is 37.6 Å². The molecule has 7 nitrogen and oxygen atoms in total. The predicted octanol–water partition coefficient (Wildman–Crippen LogP) is 2.33. The Morgan fingerprint density at radius 1 is 1.24 bits per heavy atom. The number of hydrogen-bond donors (Lipinski definition) is 2. The van der Waals surface area contributed by atoms with Crippen LogP contribution in [0.4, 0.5) is 4.39 Å². The quantitative estimate of drug-likeness (QED) is 0.497. The second-order valence-electron chi connectivity index (χ2n) is 7.20. The fraction of sp³-hybridized carbons (Fsp3) is 0.571. The van der Waals surface area contributed by atoms with Gasteiger partial charge in [-0.05, 0) is 43.4 Å². The van der Waals surface area contributed by atoms with Crippen molar-refractivity contribution in [1.29, 1.82) is 0 Å². The van der Waals surface area contributed by atoms with Gasteiger partial charge >= 0.3 is 0 Å². The first kappa shape index (κ1) is 21.2. The van der Waals surface area contributed by atoms with E-state index in [4.69, 9.17) is 9.73 Å². The molecular formula is C21H31FN6O. The summed E-state index contributed by atoms with van der Waals surface area (Å²) in [5.74, 6) is 1.54. The predicted molar refractivity (Wildman–Crippen MR) is 111 cm³/mol. The highest BCUT2D eigenvalue weighted by molar-refractivity contribution is 5.79. The van der Waals surface area contributed by atoms with Gasteiger partial charge in [0, 0.05) is 32.7 Å². The number of ether oxygens (including phenoxy) is 1. The molecule has 1 aliphatic rings. The highest BCUT2D eigenvalue weighted by Gasteiger charge is 2.13. The van der Waals surface area contributed by atoms with Crippen molar-refractivity contribution in [3.63, 3.8) is 0 Å². The first-order chi connectivity index (χ1) is 14.2. The van der Waals surface area contributed by atoms with E-state index in [1.165, 1.54) is 18.6 Å². The number of hydrogen-bond acceptors (Lipinski definition) is 4. The summed E-state index contributed by atoms with van der Waals surface area (Å²) in [5.41, 5.74) is 1.09. The van der Waals surface area contributed by atoms with Crippen LogP contribution in [0.25, 0.3) is 0 Å². The summed E-state index contributed by atoms with van der Waals surface area (Å²) in [7, 11) is 0. The van der Waals surface area contributed by atoms with Crippen LogP contribution in [-0.4, -0.2) is 53.1 Å². The van der Waals surface area contributed by atoms with E-state index in [9.17, 15) is 4.39 Å². The van der Waals surface area contributed by atoms with Crippen molar-refractivity contribution in [2.75, 3.05) is 26.2 Å². The maximum atomic E-state index is 13.1. The Bertz CT molecular complexity index is 755. The average molecular weight is 403 g/mol. The van der Waals surface area contributed by atoms with Crippen LogP contribution in [0.2, 0.25) is 0 Å². The number of halogens is 1. The third-order valence-electron chi connectivity index (χ3n) is 5.00. The molecule has 1 unspecified atom stereocenters. The van der Waals surface area contributed by atoms with Crippen molar-refractivity contribution < 1.29 is 9.13 Å². The normalized spacial score (nSPS) is 17.3.